The number of rotatable bonds is 3. The molecule has 5 heteroatoms. The molecule has 1 aliphatic heterocycles. The Labute approximate surface area is 86.7 Å². The highest BCUT2D eigenvalue weighted by Gasteiger charge is 2.29. The summed E-state index contributed by atoms with van der Waals surface area (Å²) in [6, 6.07) is 0.0903. The molecule has 1 heterocycles. The van der Waals surface area contributed by atoms with Crippen LogP contribution in [-0.2, 0) is 10.0 Å². The number of nitrogens with zero attached hydrogens (tertiary/aromatic N) is 1. The van der Waals surface area contributed by atoms with Gasteiger partial charge in [-0.1, -0.05) is 13.8 Å². The molecule has 0 bridgehead atoms. The number of hydrogen-bond acceptors (Lipinski definition) is 3. The fourth-order valence-corrected chi connectivity index (χ4v) is 3.78. The average molecular weight is 220 g/mol. The van der Waals surface area contributed by atoms with E-state index in [1.807, 2.05) is 20.8 Å². The summed E-state index contributed by atoms with van der Waals surface area (Å²) in [5, 5.41) is 3.18. The van der Waals surface area contributed by atoms with Gasteiger partial charge in [0, 0.05) is 25.7 Å². The van der Waals surface area contributed by atoms with Gasteiger partial charge in [0.15, 0.2) is 0 Å². The summed E-state index contributed by atoms with van der Waals surface area (Å²) in [6.45, 7) is 7.95. The molecule has 0 amide bonds. The fourth-order valence-electron chi connectivity index (χ4n) is 1.75. The zero-order chi connectivity index (χ0) is 10.8. The third-order valence-corrected chi connectivity index (χ3v) is 4.69. The predicted octanol–water partition coefficient (Wildman–Crippen LogP) is 0.266. The van der Waals surface area contributed by atoms with Crippen LogP contribution in [0.3, 0.4) is 0 Å². The van der Waals surface area contributed by atoms with Crippen molar-refractivity contribution < 1.29 is 8.42 Å². The minimum Gasteiger partial charge on any atom is -0.314 e. The fraction of sp³-hybridized carbons (Fsp3) is 1.00. The largest absolute Gasteiger partial charge is 0.314 e. The molecule has 84 valence electrons. The first-order chi connectivity index (χ1) is 6.43. The van der Waals surface area contributed by atoms with Gasteiger partial charge in [-0.05, 0) is 12.8 Å². The van der Waals surface area contributed by atoms with Crippen LogP contribution in [0.2, 0.25) is 0 Å². The van der Waals surface area contributed by atoms with E-state index in [-0.39, 0.29) is 17.7 Å². The molecule has 0 aliphatic carbocycles. The Balaban J connectivity index is 2.70. The van der Waals surface area contributed by atoms with Gasteiger partial charge in [0.05, 0.1) is 5.75 Å². The molecule has 1 fully saturated rings. The van der Waals surface area contributed by atoms with Crippen LogP contribution in [0.1, 0.15) is 20.8 Å². The summed E-state index contributed by atoms with van der Waals surface area (Å²) in [5.41, 5.74) is 0. The zero-order valence-corrected chi connectivity index (χ0v) is 9.97. The molecule has 0 spiro atoms. The summed E-state index contributed by atoms with van der Waals surface area (Å²) in [4.78, 5) is 0. The highest BCUT2D eigenvalue weighted by molar-refractivity contribution is 7.89. The van der Waals surface area contributed by atoms with Gasteiger partial charge in [0.1, 0.15) is 0 Å². The van der Waals surface area contributed by atoms with Gasteiger partial charge in [-0.2, -0.15) is 4.31 Å². The van der Waals surface area contributed by atoms with Crippen molar-refractivity contribution in [1.82, 2.24) is 9.62 Å². The van der Waals surface area contributed by atoms with Crippen LogP contribution in [0.25, 0.3) is 0 Å². The first-order valence-electron chi connectivity index (χ1n) is 5.13. The van der Waals surface area contributed by atoms with Crippen molar-refractivity contribution in [3.05, 3.63) is 0 Å². The normalized spacial score (nSPS) is 25.6. The van der Waals surface area contributed by atoms with Gasteiger partial charge in [-0.25, -0.2) is 8.42 Å². The Hall–Kier alpha value is -0.130. The second kappa shape index (κ2) is 4.59. The van der Waals surface area contributed by atoms with E-state index in [1.54, 1.807) is 4.31 Å². The third-order valence-electron chi connectivity index (χ3n) is 2.34. The first kappa shape index (κ1) is 11.9. The predicted molar refractivity (Wildman–Crippen MR) is 57.7 cm³/mol. The highest BCUT2D eigenvalue weighted by atomic mass is 32.2. The van der Waals surface area contributed by atoms with E-state index in [9.17, 15) is 8.42 Å². The van der Waals surface area contributed by atoms with Gasteiger partial charge in [-0.15, -0.1) is 0 Å². The lowest BCUT2D eigenvalue weighted by Gasteiger charge is -2.33. The summed E-state index contributed by atoms with van der Waals surface area (Å²) >= 11 is 0. The van der Waals surface area contributed by atoms with E-state index in [1.165, 1.54) is 0 Å². The van der Waals surface area contributed by atoms with Crippen molar-refractivity contribution in [2.24, 2.45) is 5.92 Å². The number of hydrogen-bond donors (Lipinski definition) is 1. The van der Waals surface area contributed by atoms with Gasteiger partial charge in [0.25, 0.3) is 0 Å². The number of nitrogens with one attached hydrogen (secondary N) is 1. The third kappa shape index (κ3) is 2.93. The molecular formula is C9H20N2O2S. The van der Waals surface area contributed by atoms with Gasteiger partial charge in [-0.3, -0.25) is 0 Å². The van der Waals surface area contributed by atoms with Crippen LogP contribution in [0.4, 0.5) is 0 Å². The zero-order valence-electron chi connectivity index (χ0n) is 9.16. The molecule has 0 aromatic carbocycles. The van der Waals surface area contributed by atoms with Gasteiger partial charge < -0.3 is 5.32 Å². The molecule has 1 saturated heterocycles. The maximum absolute atomic E-state index is 11.9. The Morgan fingerprint density at radius 1 is 1.50 bits per heavy atom. The van der Waals surface area contributed by atoms with Crippen LogP contribution in [0, 0.1) is 5.92 Å². The SMILES string of the molecule is CC(C)CS(=O)(=O)N1CCNC[C@H]1C. The van der Waals surface area contributed by atoms with Gasteiger partial charge >= 0.3 is 0 Å². The first-order valence-corrected chi connectivity index (χ1v) is 6.74. The summed E-state index contributed by atoms with van der Waals surface area (Å²) in [5.74, 6) is 0.458. The summed E-state index contributed by atoms with van der Waals surface area (Å²) in [7, 11) is -3.04. The molecule has 0 aromatic rings. The van der Waals surface area contributed by atoms with Crippen molar-refractivity contribution in [2.45, 2.75) is 26.8 Å². The molecule has 1 N–H and O–H groups in total. The van der Waals surface area contributed by atoms with Gasteiger partial charge in [0.2, 0.25) is 10.0 Å². The minimum absolute atomic E-state index is 0.0903. The van der Waals surface area contributed by atoms with Crippen LogP contribution in [0.15, 0.2) is 0 Å². The molecule has 1 rings (SSSR count). The second-order valence-electron chi connectivity index (χ2n) is 4.34. The number of piperazine rings is 1. The quantitative estimate of drug-likeness (QED) is 0.742. The monoisotopic (exact) mass is 220 g/mol. The lowest BCUT2D eigenvalue weighted by molar-refractivity contribution is 0.282. The van der Waals surface area contributed by atoms with Crippen LogP contribution in [-0.4, -0.2) is 44.2 Å². The van der Waals surface area contributed by atoms with E-state index < -0.39 is 10.0 Å². The van der Waals surface area contributed by atoms with Crippen LogP contribution >= 0.6 is 0 Å². The summed E-state index contributed by atoms with van der Waals surface area (Å²) in [6.07, 6.45) is 0. The van der Waals surface area contributed by atoms with E-state index >= 15 is 0 Å². The highest BCUT2D eigenvalue weighted by Crippen LogP contribution is 2.12. The van der Waals surface area contributed by atoms with Crippen molar-refractivity contribution in [3.8, 4) is 0 Å². The molecule has 4 nitrogen and oxygen atoms in total. The molecule has 1 aliphatic rings. The molecular weight excluding hydrogens is 200 g/mol. The number of sulfonamides is 1. The Bertz CT molecular complexity index is 275. The van der Waals surface area contributed by atoms with Crippen molar-refractivity contribution >= 4 is 10.0 Å². The maximum atomic E-state index is 11.9. The lowest BCUT2D eigenvalue weighted by atomic mass is 10.3. The standard InChI is InChI=1S/C9H20N2O2S/c1-8(2)7-14(12,13)11-5-4-10-6-9(11)3/h8-10H,4-7H2,1-3H3/t9-/m1/s1. The van der Waals surface area contributed by atoms with E-state index in [4.69, 9.17) is 0 Å². The average Bonchev–Trinajstić information content (AvgIpc) is 2.02. The lowest BCUT2D eigenvalue weighted by Crippen LogP contribution is -2.53. The topological polar surface area (TPSA) is 49.4 Å². The smallest absolute Gasteiger partial charge is 0.214 e. The molecule has 0 aromatic heterocycles. The maximum Gasteiger partial charge on any atom is 0.214 e. The summed E-state index contributed by atoms with van der Waals surface area (Å²) < 4.78 is 25.4. The molecule has 1 atom stereocenters. The Kier molecular flexibility index (Phi) is 3.92. The van der Waals surface area contributed by atoms with Crippen molar-refractivity contribution in [3.63, 3.8) is 0 Å². The molecule has 14 heavy (non-hydrogen) atoms. The molecule has 0 radical (unpaired) electrons. The van der Waals surface area contributed by atoms with Crippen molar-refractivity contribution in [1.29, 1.82) is 0 Å². The van der Waals surface area contributed by atoms with E-state index in [0.29, 0.717) is 6.54 Å². The van der Waals surface area contributed by atoms with Crippen LogP contribution in [0.5, 0.6) is 0 Å². The van der Waals surface area contributed by atoms with E-state index in [0.717, 1.165) is 13.1 Å². The second-order valence-corrected chi connectivity index (χ2v) is 6.30. The molecule has 0 unspecified atom stereocenters. The Morgan fingerprint density at radius 2 is 2.14 bits per heavy atom. The minimum atomic E-state index is -3.04. The van der Waals surface area contributed by atoms with Crippen LogP contribution < -0.4 is 5.32 Å². The van der Waals surface area contributed by atoms with Crippen molar-refractivity contribution in [2.75, 3.05) is 25.4 Å². The molecule has 0 saturated carbocycles. The Morgan fingerprint density at radius 3 is 2.64 bits per heavy atom. The van der Waals surface area contributed by atoms with E-state index in [2.05, 4.69) is 5.32 Å².